The summed E-state index contributed by atoms with van der Waals surface area (Å²) >= 11 is 1.64. The van der Waals surface area contributed by atoms with Gasteiger partial charge in [0.05, 0.1) is 12.0 Å². The summed E-state index contributed by atoms with van der Waals surface area (Å²) in [5, 5.41) is 17.5. The van der Waals surface area contributed by atoms with Crippen LogP contribution in [0.5, 0.6) is 0 Å². The molecule has 4 nitrogen and oxygen atoms in total. The van der Waals surface area contributed by atoms with Gasteiger partial charge in [-0.2, -0.15) is 5.26 Å². The largest absolute Gasteiger partial charge is 0.262 e. The summed E-state index contributed by atoms with van der Waals surface area (Å²) in [5.41, 5.74) is 1.38. The molecular formula is C16H18N4S. The number of nitriles is 1. The second-order valence-corrected chi connectivity index (χ2v) is 6.72. The Labute approximate surface area is 129 Å². The van der Waals surface area contributed by atoms with Crippen LogP contribution in [0.2, 0.25) is 0 Å². The molecule has 0 aliphatic heterocycles. The molecule has 3 unspecified atom stereocenters. The van der Waals surface area contributed by atoms with Gasteiger partial charge in [-0.3, -0.25) is 5.10 Å². The van der Waals surface area contributed by atoms with Crippen molar-refractivity contribution in [3.63, 3.8) is 0 Å². The molecule has 0 spiro atoms. The van der Waals surface area contributed by atoms with Crippen molar-refractivity contribution in [2.75, 3.05) is 0 Å². The zero-order chi connectivity index (χ0) is 14.7. The molecule has 1 aliphatic rings. The van der Waals surface area contributed by atoms with Gasteiger partial charge in [-0.15, -0.1) is 5.10 Å². The second kappa shape index (κ2) is 6.31. The lowest BCUT2D eigenvalue weighted by Gasteiger charge is -2.31. The van der Waals surface area contributed by atoms with Crippen molar-refractivity contribution in [1.82, 2.24) is 15.2 Å². The van der Waals surface area contributed by atoms with E-state index in [-0.39, 0.29) is 11.2 Å². The van der Waals surface area contributed by atoms with Crippen molar-refractivity contribution < 1.29 is 0 Å². The van der Waals surface area contributed by atoms with Crippen LogP contribution in [-0.4, -0.2) is 20.4 Å². The first kappa shape index (κ1) is 14.2. The van der Waals surface area contributed by atoms with Gasteiger partial charge in [0, 0.05) is 5.25 Å². The third-order valence-corrected chi connectivity index (χ3v) is 5.28. The van der Waals surface area contributed by atoms with Gasteiger partial charge in [0.2, 0.25) is 5.16 Å². The summed E-state index contributed by atoms with van der Waals surface area (Å²) in [7, 11) is 0. The van der Waals surface area contributed by atoms with E-state index in [0.717, 1.165) is 30.2 Å². The molecule has 1 aromatic carbocycles. The molecule has 108 valence electrons. The van der Waals surface area contributed by atoms with E-state index in [1.54, 1.807) is 11.8 Å². The molecule has 1 aliphatic carbocycles. The lowest BCUT2D eigenvalue weighted by Crippen LogP contribution is -2.25. The standard InChI is InChI=1S/C16H18N4S/c1-11-18-16(20-19-11)21-15-9-13(7-8-14(15)10-17)12-5-3-2-4-6-12/h2-6,13-15H,7-9H2,1H3,(H,18,19,20). The number of nitrogens with one attached hydrogen (secondary N) is 1. The van der Waals surface area contributed by atoms with Gasteiger partial charge in [0.15, 0.2) is 0 Å². The number of H-pyrrole nitrogens is 1. The number of hydrogen-bond donors (Lipinski definition) is 1. The van der Waals surface area contributed by atoms with Gasteiger partial charge < -0.3 is 0 Å². The van der Waals surface area contributed by atoms with Crippen LogP contribution in [0.3, 0.4) is 0 Å². The van der Waals surface area contributed by atoms with Gasteiger partial charge in [-0.1, -0.05) is 42.1 Å². The fraction of sp³-hybridized carbons (Fsp3) is 0.438. The van der Waals surface area contributed by atoms with Gasteiger partial charge in [0.1, 0.15) is 5.82 Å². The van der Waals surface area contributed by atoms with Crippen LogP contribution in [0.1, 0.15) is 36.6 Å². The van der Waals surface area contributed by atoms with E-state index in [1.807, 2.05) is 13.0 Å². The average Bonchev–Trinajstić information content (AvgIpc) is 2.93. The maximum absolute atomic E-state index is 9.39. The third kappa shape index (κ3) is 3.27. The fourth-order valence-electron chi connectivity index (χ4n) is 2.95. The lowest BCUT2D eigenvalue weighted by atomic mass is 9.79. The summed E-state index contributed by atoms with van der Waals surface area (Å²) in [6.45, 7) is 1.90. The zero-order valence-electron chi connectivity index (χ0n) is 12.0. The Bertz CT molecular complexity index is 631. The highest BCUT2D eigenvalue weighted by molar-refractivity contribution is 7.99. The lowest BCUT2D eigenvalue weighted by molar-refractivity contribution is 0.393. The number of nitrogens with zero attached hydrogens (tertiary/aromatic N) is 3. The van der Waals surface area contributed by atoms with Gasteiger partial charge in [0.25, 0.3) is 0 Å². The number of aryl methyl sites for hydroxylation is 1. The van der Waals surface area contributed by atoms with E-state index < -0.39 is 0 Å². The molecule has 0 saturated heterocycles. The van der Waals surface area contributed by atoms with E-state index in [4.69, 9.17) is 0 Å². The molecule has 3 atom stereocenters. The van der Waals surface area contributed by atoms with Crippen molar-refractivity contribution in [3.05, 3.63) is 41.7 Å². The van der Waals surface area contributed by atoms with Crippen LogP contribution in [0.25, 0.3) is 0 Å². The Kier molecular flexibility index (Phi) is 4.26. The summed E-state index contributed by atoms with van der Waals surface area (Å²) in [4.78, 5) is 4.36. The van der Waals surface area contributed by atoms with Crippen LogP contribution < -0.4 is 0 Å². The predicted molar refractivity (Wildman–Crippen MR) is 82.9 cm³/mol. The third-order valence-electron chi connectivity index (χ3n) is 4.06. The number of benzene rings is 1. The van der Waals surface area contributed by atoms with Crippen LogP contribution in [0, 0.1) is 24.2 Å². The Morgan fingerprint density at radius 1 is 1.29 bits per heavy atom. The minimum absolute atomic E-state index is 0.0915. The summed E-state index contributed by atoms with van der Waals surface area (Å²) in [5.74, 6) is 1.45. The predicted octanol–water partition coefficient (Wildman–Crippen LogP) is 3.68. The van der Waals surface area contributed by atoms with Gasteiger partial charge >= 0.3 is 0 Å². The van der Waals surface area contributed by atoms with Crippen LogP contribution >= 0.6 is 11.8 Å². The first-order valence-corrected chi connectivity index (χ1v) is 8.14. The molecule has 2 aromatic rings. The molecule has 1 saturated carbocycles. The molecule has 0 amide bonds. The molecule has 0 bridgehead atoms. The highest BCUT2D eigenvalue weighted by Crippen LogP contribution is 2.42. The van der Waals surface area contributed by atoms with E-state index in [9.17, 15) is 5.26 Å². The number of aromatic nitrogens is 3. The van der Waals surface area contributed by atoms with Crippen molar-refractivity contribution in [2.24, 2.45) is 5.92 Å². The van der Waals surface area contributed by atoms with Crippen molar-refractivity contribution in [1.29, 1.82) is 5.26 Å². The molecule has 1 fully saturated rings. The van der Waals surface area contributed by atoms with Crippen LogP contribution in [-0.2, 0) is 0 Å². The highest BCUT2D eigenvalue weighted by atomic mass is 32.2. The maximum atomic E-state index is 9.39. The van der Waals surface area contributed by atoms with E-state index in [0.29, 0.717) is 5.92 Å². The average molecular weight is 298 g/mol. The monoisotopic (exact) mass is 298 g/mol. The second-order valence-electron chi connectivity index (χ2n) is 5.52. The van der Waals surface area contributed by atoms with Crippen molar-refractivity contribution >= 4 is 11.8 Å². The van der Waals surface area contributed by atoms with E-state index >= 15 is 0 Å². The fourth-order valence-corrected chi connectivity index (χ4v) is 4.19. The van der Waals surface area contributed by atoms with Crippen LogP contribution in [0.4, 0.5) is 0 Å². The minimum Gasteiger partial charge on any atom is -0.262 e. The Morgan fingerprint density at radius 2 is 2.10 bits per heavy atom. The summed E-state index contributed by atoms with van der Waals surface area (Å²) in [6, 6.07) is 13.1. The molecule has 0 radical (unpaired) electrons. The SMILES string of the molecule is Cc1nc(SC2CC(c3ccccc3)CCC2C#N)n[nH]1. The zero-order valence-corrected chi connectivity index (χ0v) is 12.8. The molecular weight excluding hydrogens is 280 g/mol. The molecule has 1 N–H and O–H groups in total. The van der Waals surface area contributed by atoms with Crippen molar-refractivity contribution in [3.8, 4) is 6.07 Å². The first-order chi connectivity index (χ1) is 10.3. The quantitative estimate of drug-likeness (QED) is 0.938. The number of rotatable bonds is 3. The smallest absolute Gasteiger partial charge is 0.208 e. The Morgan fingerprint density at radius 3 is 2.76 bits per heavy atom. The molecule has 21 heavy (non-hydrogen) atoms. The molecule has 1 heterocycles. The van der Waals surface area contributed by atoms with Gasteiger partial charge in [-0.25, -0.2) is 4.98 Å². The van der Waals surface area contributed by atoms with E-state index in [2.05, 4.69) is 45.5 Å². The minimum atomic E-state index is 0.0915. The van der Waals surface area contributed by atoms with Crippen LogP contribution in [0.15, 0.2) is 35.5 Å². The number of thioether (sulfide) groups is 1. The molecule has 5 heteroatoms. The maximum Gasteiger partial charge on any atom is 0.208 e. The van der Waals surface area contributed by atoms with Crippen molar-refractivity contribution in [2.45, 2.75) is 42.5 Å². The summed E-state index contributed by atoms with van der Waals surface area (Å²) in [6.07, 6.45) is 3.06. The molecule has 3 rings (SSSR count). The Hall–Kier alpha value is -1.80. The van der Waals surface area contributed by atoms with Gasteiger partial charge in [-0.05, 0) is 37.7 Å². The van der Waals surface area contributed by atoms with E-state index in [1.165, 1.54) is 5.56 Å². The topological polar surface area (TPSA) is 65.4 Å². The normalized spacial score (nSPS) is 25.4. The summed E-state index contributed by atoms with van der Waals surface area (Å²) < 4.78 is 0. The Balaban J connectivity index is 1.74. The first-order valence-electron chi connectivity index (χ1n) is 7.26. The number of aromatic amines is 1. The number of hydrogen-bond acceptors (Lipinski definition) is 4. The highest BCUT2D eigenvalue weighted by Gasteiger charge is 2.32. The molecule has 1 aromatic heterocycles.